The summed E-state index contributed by atoms with van der Waals surface area (Å²) in [4.78, 5) is 27.3. The molecule has 0 unspecified atom stereocenters. The van der Waals surface area contributed by atoms with E-state index >= 15 is 0 Å². The van der Waals surface area contributed by atoms with Crippen molar-refractivity contribution in [2.24, 2.45) is 0 Å². The highest BCUT2D eigenvalue weighted by Crippen LogP contribution is 2.29. The first kappa shape index (κ1) is 25.5. The second-order valence-electron chi connectivity index (χ2n) is 7.37. The van der Waals surface area contributed by atoms with Crippen molar-refractivity contribution >= 4 is 23.4 Å². The van der Waals surface area contributed by atoms with E-state index in [2.05, 4.69) is 5.32 Å². The Morgan fingerprint density at radius 1 is 1.00 bits per heavy atom. The molecule has 6 nitrogen and oxygen atoms in total. The van der Waals surface area contributed by atoms with Crippen molar-refractivity contribution in [1.82, 2.24) is 10.2 Å². The van der Waals surface area contributed by atoms with Crippen molar-refractivity contribution in [2.45, 2.75) is 53.1 Å². The highest BCUT2D eigenvalue weighted by molar-refractivity contribution is 6.30. The lowest BCUT2D eigenvalue weighted by molar-refractivity contribution is -0.140. The number of halogens is 1. The van der Waals surface area contributed by atoms with Crippen molar-refractivity contribution in [3.63, 3.8) is 0 Å². The maximum absolute atomic E-state index is 13.2. The van der Waals surface area contributed by atoms with Crippen LogP contribution in [0.2, 0.25) is 5.02 Å². The van der Waals surface area contributed by atoms with Crippen molar-refractivity contribution < 1.29 is 19.1 Å². The summed E-state index contributed by atoms with van der Waals surface area (Å²) < 4.78 is 11.3. The topological polar surface area (TPSA) is 67.9 Å². The van der Waals surface area contributed by atoms with Gasteiger partial charge < -0.3 is 19.7 Å². The van der Waals surface area contributed by atoms with Gasteiger partial charge in [-0.2, -0.15) is 0 Å². The van der Waals surface area contributed by atoms with Gasteiger partial charge in [0.15, 0.2) is 11.5 Å². The second-order valence-corrected chi connectivity index (χ2v) is 7.81. The summed E-state index contributed by atoms with van der Waals surface area (Å²) in [5.41, 5.74) is 1.85. The summed E-state index contributed by atoms with van der Waals surface area (Å²) in [7, 11) is 0. The van der Waals surface area contributed by atoms with Crippen molar-refractivity contribution in [2.75, 3.05) is 19.8 Å². The van der Waals surface area contributed by atoms with Crippen LogP contribution in [-0.2, 0) is 22.6 Å². The molecule has 0 radical (unpaired) electrons. The second kappa shape index (κ2) is 13.0. The summed E-state index contributed by atoms with van der Waals surface area (Å²) in [5, 5.41) is 3.40. The molecular weight excluding hydrogens is 428 g/mol. The van der Waals surface area contributed by atoms with Gasteiger partial charge in [-0.1, -0.05) is 29.8 Å². The number of nitrogens with one attached hydrogen (secondary N) is 1. The minimum absolute atomic E-state index is 0.101. The van der Waals surface area contributed by atoms with Crippen LogP contribution in [0.1, 0.15) is 45.2 Å². The molecular formula is C25H33ClN2O4. The molecule has 2 amide bonds. The number of amides is 2. The zero-order chi connectivity index (χ0) is 23.5. The maximum atomic E-state index is 13.2. The molecule has 7 heteroatoms. The molecule has 0 aliphatic carbocycles. The Labute approximate surface area is 195 Å². The summed E-state index contributed by atoms with van der Waals surface area (Å²) in [6, 6.07) is 12.5. The molecule has 0 fully saturated rings. The number of likely N-dealkylation sites (N-methyl/N-ethyl adjacent to an activating group) is 1. The Balaban J connectivity index is 2.16. The molecule has 2 aromatic carbocycles. The standard InChI is InChI=1S/C25H33ClN2O4/c1-5-27-25(30)18(4)28(17-20-9-8-10-21(26)15-20)24(29)14-12-19-11-13-22(31-6-2)23(16-19)32-7-3/h8-11,13,15-16,18H,5-7,12,14,17H2,1-4H3,(H,27,30)/t18-/m1/s1. The predicted octanol–water partition coefficient (Wildman–Crippen LogP) is 4.62. The number of rotatable bonds is 12. The van der Waals surface area contributed by atoms with E-state index in [0.29, 0.717) is 49.2 Å². The van der Waals surface area contributed by atoms with Crippen molar-refractivity contribution in [3.8, 4) is 11.5 Å². The molecule has 0 aromatic heterocycles. The molecule has 174 valence electrons. The van der Waals surface area contributed by atoms with E-state index in [4.69, 9.17) is 21.1 Å². The largest absolute Gasteiger partial charge is 0.490 e. The highest BCUT2D eigenvalue weighted by atomic mass is 35.5. The Morgan fingerprint density at radius 2 is 1.72 bits per heavy atom. The lowest BCUT2D eigenvalue weighted by Crippen LogP contribution is -2.47. The van der Waals surface area contributed by atoms with Crippen LogP contribution in [0.4, 0.5) is 0 Å². The van der Waals surface area contributed by atoms with Crippen LogP contribution in [-0.4, -0.2) is 42.5 Å². The van der Waals surface area contributed by atoms with E-state index in [1.165, 1.54) is 0 Å². The zero-order valence-corrected chi connectivity index (χ0v) is 20.1. The Hall–Kier alpha value is -2.73. The first-order valence-electron chi connectivity index (χ1n) is 11.1. The van der Waals surface area contributed by atoms with Gasteiger partial charge in [-0.05, 0) is 69.5 Å². The van der Waals surface area contributed by atoms with Crippen molar-refractivity contribution in [3.05, 3.63) is 58.6 Å². The fraction of sp³-hybridized carbons (Fsp3) is 0.440. The van der Waals surface area contributed by atoms with Crippen LogP contribution in [0.25, 0.3) is 0 Å². The minimum Gasteiger partial charge on any atom is -0.490 e. The van der Waals surface area contributed by atoms with E-state index in [9.17, 15) is 9.59 Å². The molecule has 0 heterocycles. The van der Waals surface area contributed by atoms with Gasteiger partial charge in [-0.25, -0.2) is 0 Å². The summed E-state index contributed by atoms with van der Waals surface area (Å²) in [6.07, 6.45) is 0.795. The van der Waals surface area contributed by atoms with Gasteiger partial charge in [0, 0.05) is 24.5 Å². The number of ether oxygens (including phenoxy) is 2. The number of benzene rings is 2. The summed E-state index contributed by atoms with van der Waals surface area (Å²) in [6.45, 7) is 9.34. The van der Waals surface area contributed by atoms with Crippen LogP contribution in [0, 0.1) is 0 Å². The molecule has 1 N–H and O–H groups in total. The van der Waals surface area contributed by atoms with Crippen molar-refractivity contribution in [1.29, 1.82) is 0 Å². The molecule has 0 bridgehead atoms. The van der Waals surface area contributed by atoms with E-state index in [0.717, 1.165) is 11.1 Å². The Morgan fingerprint density at radius 3 is 2.38 bits per heavy atom. The number of carbonyl (C=O) groups is 2. The van der Waals surface area contributed by atoms with Gasteiger partial charge in [-0.15, -0.1) is 0 Å². The maximum Gasteiger partial charge on any atom is 0.242 e. The number of hydrogen-bond acceptors (Lipinski definition) is 4. The normalized spacial score (nSPS) is 11.5. The number of carbonyl (C=O) groups excluding carboxylic acids is 2. The van der Waals surface area contributed by atoms with Gasteiger partial charge in [0.05, 0.1) is 13.2 Å². The molecule has 2 rings (SSSR count). The smallest absolute Gasteiger partial charge is 0.242 e. The first-order valence-corrected chi connectivity index (χ1v) is 11.5. The van der Waals surface area contributed by atoms with E-state index < -0.39 is 6.04 Å². The summed E-state index contributed by atoms with van der Waals surface area (Å²) in [5.74, 6) is 1.08. The van der Waals surface area contributed by atoms with Crippen LogP contribution in [0.15, 0.2) is 42.5 Å². The van der Waals surface area contributed by atoms with Gasteiger partial charge in [0.2, 0.25) is 11.8 Å². The first-order chi connectivity index (χ1) is 15.4. The Bertz CT molecular complexity index is 903. The molecule has 0 spiro atoms. The van der Waals surface area contributed by atoms with Gasteiger partial charge in [-0.3, -0.25) is 9.59 Å². The summed E-state index contributed by atoms with van der Waals surface area (Å²) >= 11 is 6.11. The number of nitrogens with zero attached hydrogens (tertiary/aromatic N) is 1. The quantitative estimate of drug-likeness (QED) is 0.501. The lowest BCUT2D eigenvalue weighted by Gasteiger charge is -2.29. The van der Waals surface area contributed by atoms with Gasteiger partial charge >= 0.3 is 0 Å². The molecule has 1 atom stereocenters. The average Bonchev–Trinajstić information content (AvgIpc) is 2.77. The van der Waals surface area contributed by atoms with Gasteiger partial charge in [0.25, 0.3) is 0 Å². The highest BCUT2D eigenvalue weighted by Gasteiger charge is 2.25. The van der Waals surface area contributed by atoms with E-state index in [-0.39, 0.29) is 18.2 Å². The predicted molar refractivity (Wildman–Crippen MR) is 127 cm³/mol. The number of aryl methyl sites for hydroxylation is 1. The lowest BCUT2D eigenvalue weighted by atomic mass is 10.1. The Kier molecular flexibility index (Phi) is 10.3. The number of hydrogen-bond donors (Lipinski definition) is 1. The van der Waals surface area contributed by atoms with Crippen LogP contribution >= 0.6 is 11.6 Å². The molecule has 0 saturated carbocycles. The van der Waals surface area contributed by atoms with E-state index in [1.807, 2.05) is 57.2 Å². The van der Waals surface area contributed by atoms with Gasteiger partial charge in [0.1, 0.15) is 6.04 Å². The molecule has 0 saturated heterocycles. The third kappa shape index (κ3) is 7.45. The average molecular weight is 461 g/mol. The molecule has 32 heavy (non-hydrogen) atoms. The van der Waals surface area contributed by atoms with Crippen LogP contribution in [0.5, 0.6) is 11.5 Å². The third-order valence-electron chi connectivity index (χ3n) is 5.00. The minimum atomic E-state index is -0.597. The molecule has 0 aliphatic heterocycles. The fourth-order valence-corrected chi connectivity index (χ4v) is 3.60. The van der Waals surface area contributed by atoms with Crippen LogP contribution < -0.4 is 14.8 Å². The third-order valence-corrected chi connectivity index (χ3v) is 5.23. The SMILES string of the molecule is CCNC(=O)[C@@H](C)N(Cc1cccc(Cl)c1)C(=O)CCc1ccc(OCC)c(OCC)c1. The monoisotopic (exact) mass is 460 g/mol. The zero-order valence-electron chi connectivity index (χ0n) is 19.3. The fourth-order valence-electron chi connectivity index (χ4n) is 3.38. The molecule has 2 aromatic rings. The van der Waals surface area contributed by atoms with Crippen LogP contribution in [0.3, 0.4) is 0 Å². The molecule has 0 aliphatic rings. The van der Waals surface area contributed by atoms with E-state index in [1.54, 1.807) is 17.9 Å².